The number of hydrogen-bond donors (Lipinski definition) is 2. The minimum atomic E-state index is -4.61. The highest BCUT2D eigenvalue weighted by Crippen LogP contribution is 2.35. The van der Waals surface area contributed by atoms with Crippen molar-refractivity contribution in [2.24, 2.45) is 0 Å². The van der Waals surface area contributed by atoms with Crippen molar-refractivity contribution in [3.63, 3.8) is 0 Å². The maximum atomic E-state index is 12.7. The Morgan fingerprint density at radius 3 is 2.48 bits per heavy atom. The fraction of sp³-hybridized carbons (Fsp3) is 0.143. The Morgan fingerprint density at radius 2 is 1.86 bits per heavy atom. The van der Waals surface area contributed by atoms with Gasteiger partial charge in [-0.3, -0.25) is 4.79 Å². The molecule has 3 N–H and O–H groups in total. The molecule has 0 atom stereocenters. The highest BCUT2D eigenvalue weighted by Gasteiger charge is 2.34. The number of nitrogens with zero attached hydrogens (tertiary/aromatic N) is 1. The van der Waals surface area contributed by atoms with Gasteiger partial charge in [0.25, 0.3) is 5.91 Å². The SMILES string of the molecule is Cc1cccc(NC(=O)c2cccc(C(F)(F)F)c2N)n1. The van der Waals surface area contributed by atoms with Gasteiger partial charge in [-0.05, 0) is 31.2 Å². The fourth-order valence-electron chi connectivity index (χ4n) is 1.81. The summed E-state index contributed by atoms with van der Waals surface area (Å²) in [4.78, 5) is 16.1. The molecule has 1 aromatic heterocycles. The summed E-state index contributed by atoms with van der Waals surface area (Å²) in [5.41, 5.74) is 4.24. The average molecular weight is 295 g/mol. The van der Waals surface area contributed by atoms with Crippen LogP contribution in [-0.4, -0.2) is 10.9 Å². The highest BCUT2D eigenvalue weighted by molar-refractivity contribution is 6.07. The molecule has 0 fully saturated rings. The third kappa shape index (κ3) is 3.31. The number of anilines is 2. The van der Waals surface area contributed by atoms with E-state index in [0.717, 1.165) is 12.1 Å². The predicted octanol–water partition coefficient (Wildman–Crippen LogP) is 3.24. The van der Waals surface area contributed by atoms with Crippen LogP contribution in [0.2, 0.25) is 0 Å². The molecule has 0 aliphatic rings. The van der Waals surface area contributed by atoms with Crippen LogP contribution >= 0.6 is 0 Å². The second-order valence-electron chi connectivity index (χ2n) is 4.38. The van der Waals surface area contributed by atoms with Crippen molar-refractivity contribution in [3.8, 4) is 0 Å². The normalized spacial score (nSPS) is 11.2. The van der Waals surface area contributed by atoms with Gasteiger partial charge < -0.3 is 11.1 Å². The molecule has 2 rings (SSSR count). The molecule has 0 bridgehead atoms. The number of nitrogens with two attached hydrogens (primary N) is 1. The first kappa shape index (κ1) is 14.8. The van der Waals surface area contributed by atoms with E-state index < -0.39 is 23.3 Å². The van der Waals surface area contributed by atoms with Gasteiger partial charge in [0.2, 0.25) is 0 Å². The summed E-state index contributed by atoms with van der Waals surface area (Å²) in [6, 6.07) is 8.14. The number of benzene rings is 1. The van der Waals surface area contributed by atoms with E-state index >= 15 is 0 Å². The van der Waals surface area contributed by atoms with E-state index in [1.807, 2.05) is 0 Å². The van der Waals surface area contributed by atoms with Gasteiger partial charge in [0.15, 0.2) is 0 Å². The van der Waals surface area contributed by atoms with Crippen LogP contribution in [0.5, 0.6) is 0 Å². The van der Waals surface area contributed by atoms with Gasteiger partial charge in [0.1, 0.15) is 5.82 Å². The molecule has 21 heavy (non-hydrogen) atoms. The molecular weight excluding hydrogens is 283 g/mol. The topological polar surface area (TPSA) is 68.0 Å². The fourth-order valence-corrected chi connectivity index (χ4v) is 1.81. The summed E-state index contributed by atoms with van der Waals surface area (Å²) in [7, 11) is 0. The molecule has 0 aliphatic carbocycles. The second-order valence-corrected chi connectivity index (χ2v) is 4.38. The molecule has 1 heterocycles. The van der Waals surface area contributed by atoms with Gasteiger partial charge in [-0.1, -0.05) is 12.1 Å². The third-order valence-corrected chi connectivity index (χ3v) is 2.79. The van der Waals surface area contributed by atoms with Gasteiger partial charge in [-0.2, -0.15) is 13.2 Å². The molecule has 1 aromatic carbocycles. The van der Waals surface area contributed by atoms with Crippen molar-refractivity contribution in [3.05, 3.63) is 53.2 Å². The Hall–Kier alpha value is -2.57. The zero-order chi connectivity index (χ0) is 15.6. The standard InChI is InChI=1S/C14H12F3N3O/c1-8-4-2-7-11(19-8)20-13(21)9-5-3-6-10(12(9)18)14(15,16)17/h2-7H,18H2,1H3,(H,19,20,21). The van der Waals surface area contributed by atoms with Crippen LogP contribution in [0.3, 0.4) is 0 Å². The van der Waals surface area contributed by atoms with Crippen LogP contribution in [0.25, 0.3) is 0 Å². The lowest BCUT2D eigenvalue weighted by atomic mass is 10.1. The van der Waals surface area contributed by atoms with Crippen LogP contribution in [0.15, 0.2) is 36.4 Å². The van der Waals surface area contributed by atoms with E-state index in [4.69, 9.17) is 5.73 Å². The Balaban J connectivity index is 2.32. The zero-order valence-electron chi connectivity index (χ0n) is 11.0. The summed E-state index contributed by atoms with van der Waals surface area (Å²) in [5.74, 6) is -0.492. The lowest BCUT2D eigenvalue weighted by Crippen LogP contribution is -2.18. The quantitative estimate of drug-likeness (QED) is 0.836. The Kier molecular flexibility index (Phi) is 3.84. The maximum Gasteiger partial charge on any atom is 0.418 e. The number of nitrogens with one attached hydrogen (secondary N) is 1. The van der Waals surface area contributed by atoms with Gasteiger partial charge in [-0.15, -0.1) is 0 Å². The first-order valence-electron chi connectivity index (χ1n) is 5.99. The Morgan fingerprint density at radius 1 is 1.19 bits per heavy atom. The van der Waals surface area contributed by atoms with E-state index in [2.05, 4.69) is 10.3 Å². The summed E-state index contributed by atoms with van der Waals surface area (Å²) in [6.45, 7) is 1.73. The van der Waals surface area contributed by atoms with E-state index in [0.29, 0.717) is 5.69 Å². The number of rotatable bonds is 2. The predicted molar refractivity (Wildman–Crippen MR) is 72.8 cm³/mol. The second kappa shape index (κ2) is 5.43. The number of pyridine rings is 1. The molecular formula is C14H12F3N3O. The zero-order valence-corrected chi connectivity index (χ0v) is 11.0. The van der Waals surface area contributed by atoms with Crippen molar-refractivity contribution >= 4 is 17.4 Å². The summed E-state index contributed by atoms with van der Waals surface area (Å²) < 4.78 is 38.2. The average Bonchev–Trinajstić information content (AvgIpc) is 2.37. The Labute approximate surface area is 118 Å². The van der Waals surface area contributed by atoms with E-state index in [1.54, 1.807) is 19.1 Å². The van der Waals surface area contributed by atoms with Gasteiger partial charge >= 0.3 is 6.18 Å². The summed E-state index contributed by atoms with van der Waals surface area (Å²) in [5, 5.41) is 2.42. The molecule has 7 heteroatoms. The van der Waals surface area contributed by atoms with Crippen LogP contribution in [-0.2, 0) is 6.18 Å². The largest absolute Gasteiger partial charge is 0.418 e. The van der Waals surface area contributed by atoms with Gasteiger partial charge in [0.05, 0.1) is 16.8 Å². The van der Waals surface area contributed by atoms with Crippen molar-refractivity contribution in [2.45, 2.75) is 13.1 Å². The minimum Gasteiger partial charge on any atom is -0.398 e. The van der Waals surface area contributed by atoms with Gasteiger partial charge in [0, 0.05) is 5.69 Å². The van der Waals surface area contributed by atoms with Crippen molar-refractivity contribution in [2.75, 3.05) is 11.1 Å². The number of alkyl halides is 3. The molecule has 0 unspecified atom stereocenters. The molecule has 0 radical (unpaired) electrons. The van der Waals surface area contributed by atoms with Crippen molar-refractivity contribution in [1.82, 2.24) is 4.98 Å². The minimum absolute atomic E-state index is 0.242. The number of nitrogen functional groups attached to an aromatic ring is 1. The van der Waals surface area contributed by atoms with Crippen molar-refractivity contribution < 1.29 is 18.0 Å². The first-order valence-corrected chi connectivity index (χ1v) is 5.99. The van der Waals surface area contributed by atoms with Crippen LogP contribution in [0, 0.1) is 6.92 Å². The molecule has 0 saturated carbocycles. The van der Waals surface area contributed by atoms with E-state index in [-0.39, 0.29) is 11.4 Å². The third-order valence-electron chi connectivity index (χ3n) is 2.79. The first-order chi connectivity index (χ1) is 9.79. The van der Waals surface area contributed by atoms with Gasteiger partial charge in [-0.25, -0.2) is 4.98 Å². The highest BCUT2D eigenvalue weighted by atomic mass is 19.4. The molecule has 1 amide bonds. The molecule has 0 aliphatic heterocycles. The van der Waals surface area contributed by atoms with E-state index in [9.17, 15) is 18.0 Å². The summed E-state index contributed by atoms with van der Waals surface area (Å²) in [6.07, 6.45) is -4.61. The molecule has 4 nitrogen and oxygen atoms in total. The molecule has 110 valence electrons. The number of carbonyl (C=O) groups excluding carboxylic acids is 1. The molecule has 0 spiro atoms. The monoisotopic (exact) mass is 295 g/mol. The smallest absolute Gasteiger partial charge is 0.398 e. The number of carbonyl (C=O) groups is 1. The van der Waals surface area contributed by atoms with Crippen LogP contribution in [0.4, 0.5) is 24.7 Å². The van der Waals surface area contributed by atoms with E-state index in [1.165, 1.54) is 12.1 Å². The number of hydrogen-bond acceptors (Lipinski definition) is 3. The lowest BCUT2D eigenvalue weighted by Gasteiger charge is -2.13. The number of aryl methyl sites for hydroxylation is 1. The number of amides is 1. The molecule has 2 aromatic rings. The van der Waals surface area contributed by atoms with Crippen molar-refractivity contribution in [1.29, 1.82) is 0 Å². The van der Waals surface area contributed by atoms with Crippen LogP contribution < -0.4 is 11.1 Å². The van der Waals surface area contributed by atoms with Crippen LogP contribution in [0.1, 0.15) is 21.6 Å². The lowest BCUT2D eigenvalue weighted by molar-refractivity contribution is -0.136. The molecule has 0 saturated heterocycles. The summed E-state index contributed by atoms with van der Waals surface area (Å²) >= 11 is 0. The number of aromatic nitrogens is 1. The maximum absolute atomic E-state index is 12.7. The number of para-hydroxylation sites is 1. The number of halogens is 3. The Bertz CT molecular complexity index is 683.